The molecule has 0 bridgehead atoms. The molecule has 2 nitrogen and oxygen atoms in total. The van der Waals surface area contributed by atoms with Gasteiger partial charge in [0.2, 0.25) is 0 Å². The fourth-order valence-corrected chi connectivity index (χ4v) is 2.35. The molecular formula is C15H22ClNO. The molecule has 1 aliphatic carbocycles. The van der Waals surface area contributed by atoms with Crippen LogP contribution in [0.25, 0.3) is 0 Å². The molecule has 0 aromatic heterocycles. The highest BCUT2D eigenvalue weighted by Crippen LogP contribution is 2.29. The lowest BCUT2D eigenvalue weighted by atomic mass is 9.92. The van der Waals surface area contributed by atoms with Gasteiger partial charge in [0.15, 0.2) is 0 Å². The number of halogens is 1. The second-order valence-corrected chi connectivity index (χ2v) is 6.07. The lowest BCUT2D eigenvalue weighted by Crippen LogP contribution is -2.40. The molecule has 1 aromatic carbocycles. The van der Waals surface area contributed by atoms with Crippen molar-refractivity contribution in [3.05, 3.63) is 34.3 Å². The first-order valence-corrected chi connectivity index (χ1v) is 7.07. The highest BCUT2D eigenvalue weighted by Gasteiger charge is 2.31. The second-order valence-electron chi connectivity index (χ2n) is 5.66. The lowest BCUT2D eigenvalue weighted by Gasteiger charge is -2.28. The van der Waals surface area contributed by atoms with Crippen molar-refractivity contribution in [1.29, 1.82) is 0 Å². The fourth-order valence-electron chi connectivity index (χ4n) is 2.23. The Morgan fingerprint density at radius 2 is 2.00 bits per heavy atom. The molecule has 2 atom stereocenters. The molecule has 2 unspecified atom stereocenters. The van der Waals surface area contributed by atoms with Gasteiger partial charge < -0.3 is 10.4 Å². The van der Waals surface area contributed by atoms with Gasteiger partial charge in [0.1, 0.15) is 0 Å². The number of benzene rings is 1. The Balaban J connectivity index is 2.15. The Bertz CT molecular complexity index is 415. The first-order chi connectivity index (χ1) is 8.49. The zero-order valence-corrected chi connectivity index (χ0v) is 12.0. The average Bonchev–Trinajstić information content (AvgIpc) is 3.12. The summed E-state index contributed by atoms with van der Waals surface area (Å²) in [5.41, 5.74) is 1.96. The van der Waals surface area contributed by atoms with Crippen molar-refractivity contribution in [2.45, 2.75) is 51.8 Å². The summed E-state index contributed by atoms with van der Waals surface area (Å²) in [5, 5.41) is 14.8. The quantitative estimate of drug-likeness (QED) is 0.856. The van der Waals surface area contributed by atoms with E-state index in [9.17, 15) is 5.11 Å². The summed E-state index contributed by atoms with van der Waals surface area (Å²) in [6.45, 7) is 6.26. The molecule has 1 aliphatic rings. The Labute approximate surface area is 114 Å². The smallest absolute Gasteiger partial charge is 0.0945 e. The molecule has 1 fully saturated rings. The summed E-state index contributed by atoms with van der Waals surface area (Å²) >= 11 is 6.02. The third-order valence-electron chi connectivity index (χ3n) is 3.59. The van der Waals surface area contributed by atoms with Crippen LogP contribution in [0.5, 0.6) is 0 Å². The molecule has 0 saturated heterocycles. The lowest BCUT2D eigenvalue weighted by molar-refractivity contribution is 0.104. The standard InChI is InChI=1S/C15H22ClNO/c1-9(2)14(17-12-5-6-12)15(18)11-4-7-13(16)10(3)8-11/h4,7-9,12,14-15,17-18H,5-6H2,1-3H3. The normalized spacial score (nSPS) is 19.0. The predicted molar refractivity (Wildman–Crippen MR) is 75.9 cm³/mol. The summed E-state index contributed by atoms with van der Waals surface area (Å²) in [6, 6.07) is 6.48. The molecule has 0 radical (unpaired) electrons. The second kappa shape index (κ2) is 5.60. The van der Waals surface area contributed by atoms with Crippen LogP contribution >= 0.6 is 11.6 Å². The molecule has 1 saturated carbocycles. The summed E-state index contributed by atoms with van der Waals surface area (Å²) in [7, 11) is 0. The first kappa shape index (κ1) is 13.9. The van der Waals surface area contributed by atoms with Gasteiger partial charge in [0, 0.05) is 17.1 Å². The molecular weight excluding hydrogens is 246 g/mol. The van der Waals surface area contributed by atoms with Crippen LogP contribution in [0.4, 0.5) is 0 Å². The van der Waals surface area contributed by atoms with E-state index in [0.717, 1.165) is 16.1 Å². The van der Waals surface area contributed by atoms with E-state index in [2.05, 4.69) is 19.2 Å². The number of rotatable bonds is 5. The van der Waals surface area contributed by atoms with Crippen LogP contribution in [0.2, 0.25) is 5.02 Å². The molecule has 1 aromatic rings. The van der Waals surface area contributed by atoms with E-state index >= 15 is 0 Å². The molecule has 100 valence electrons. The van der Waals surface area contributed by atoms with Crippen molar-refractivity contribution >= 4 is 11.6 Å². The van der Waals surface area contributed by atoms with Gasteiger partial charge in [0.05, 0.1) is 6.10 Å². The Kier molecular flexibility index (Phi) is 4.31. The number of hydrogen-bond donors (Lipinski definition) is 2. The van der Waals surface area contributed by atoms with E-state index in [-0.39, 0.29) is 6.04 Å². The van der Waals surface area contributed by atoms with Crippen LogP contribution in [0.15, 0.2) is 18.2 Å². The Morgan fingerprint density at radius 1 is 1.33 bits per heavy atom. The summed E-state index contributed by atoms with van der Waals surface area (Å²) in [5.74, 6) is 0.400. The van der Waals surface area contributed by atoms with Crippen LogP contribution in [-0.2, 0) is 0 Å². The molecule has 0 heterocycles. The Hall–Kier alpha value is -0.570. The number of aliphatic hydroxyl groups is 1. The van der Waals surface area contributed by atoms with E-state index in [4.69, 9.17) is 11.6 Å². The highest BCUT2D eigenvalue weighted by atomic mass is 35.5. The average molecular weight is 268 g/mol. The number of aryl methyl sites for hydroxylation is 1. The van der Waals surface area contributed by atoms with E-state index < -0.39 is 6.10 Å². The SMILES string of the molecule is Cc1cc(C(O)C(NC2CC2)C(C)C)ccc1Cl. The molecule has 0 amide bonds. The van der Waals surface area contributed by atoms with Gasteiger partial charge in [-0.05, 0) is 42.9 Å². The topological polar surface area (TPSA) is 32.3 Å². The van der Waals surface area contributed by atoms with Crippen molar-refractivity contribution in [3.63, 3.8) is 0 Å². The van der Waals surface area contributed by atoms with Gasteiger partial charge in [-0.15, -0.1) is 0 Å². The van der Waals surface area contributed by atoms with Gasteiger partial charge in [-0.3, -0.25) is 0 Å². The summed E-state index contributed by atoms with van der Waals surface area (Å²) in [6.07, 6.45) is 1.99. The molecule has 0 spiro atoms. The minimum atomic E-state index is -0.471. The van der Waals surface area contributed by atoms with Gasteiger partial charge in [-0.25, -0.2) is 0 Å². The summed E-state index contributed by atoms with van der Waals surface area (Å²) < 4.78 is 0. The first-order valence-electron chi connectivity index (χ1n) is 6.69. The van der Waals surface area contributed by atoms with E-state index in [0.29, 0.717) is 12.0 Å². The van der Waals surface area contributed by atoms with Crippen molar-refractivity contribution in [3.8, 4) is 0 Å². The van der Waals surface area contributed by atoms with Gasteiger partial charge in [-0.2, -0.15) is 0 Å². The third-order valence-corrected chi connectivity index (χ3v) is 4.01. The zero-order valence-electron chi connectivity index (χ0n) is 11.3. The number of hydrogen-bond acceptors (Lipinski definition) is 2. The summed E-state index contributed by atoms with van der Waals surface area (Å²) in [4.78, 5) is 0. The molecule has 2 rings (SSSR count). The Morgan fingerprint density at radius 3 is 2.50 bits per heavy atom. The van der Waals surface area contributed by atoms with E-state index in [1.807, 2.05) is 25.1 Å². The van der Waals surface area contributed by atoms with Crippen LogP contribution in [0, 0.1) is 12.8 Å². The zero-order chi connectivity index (χ0) is 13.3. The van der Waals surface area contributed by atoms with Crippen molar-refractivity contribution < 1.29 is 5.11 Å². The molecule has 0 aliphatic heterocycles. The minimum absolute atomic E-state index is 0.109. The van der Waals surface area contributed by atoms with Crippen molar-refractivity contribution in [1.82, 2.24) is 5.32 Å². The maximum atomic E-state index is 10.5. The van der Waals surface area contributed by atoms with Crippen molar-refractivity contribution in [2.75, 3.05) is 0 Å². The van der Waals surface area contributed by atoms with Gasteiger partial charge in [0.25, 0.3) is 0 Å². The van der Waals surface area contributed by atoms with Gasteiger partial charge in [-0.1, -0.05) is 37.6 Å². The molecule has 2 N–H and O–H groups in total. The number of aliphatic hydroxyl groups excluding tert-OH is 1. The fraction of sp³-hybridized carbons (Fsp3) is 0.600. The van der Waals surface area contributed by atoms with Crippen LogP contribution in [0.1, 0.15) is 43.9 Å². The van der Waals surface area contributed by atoms with Crippen LogP contribution in [-0.4, -0.2) is 17.2 Å². The maximum Gasteiger partial charge on any atom is 0.0945 e. The molecule has 18 heavy (non-hydrogen) atoms. The predicted octanol–water partition coefficient (Wildman–Crippen LogP) is 3.46. The van der Waals surface area contributed by atoms with Crippen LogP contribution in [0.3, 0.4) is 0 Å². The highest BCUT2D eigenvalue weighted by molar-refractivity contribution is 6.31. The molecule has 3 heteroatoms. The van der Waals surface area contributed by atoms with E-state index in [1.165, 1.54) is 12.8 Å². The largest absolute Gasteiger partial charge is 0.387 e. The third kappa shape index (κ3) is 3.25. The number of nitrogens with one attached hydrogen (secondary N) is 1. The van der Waals surface area contributed by atoms with E-state index in [1.54, 1.807) is 0 Å². The van der Waals surface area contributed by atoms with Crippen LogP contribution < -0.4 is 5.32 Å². The monoisotopic (exact) mass is 267 g/mol. The van der Waals surface area contributed by atoms with Crippen molar-refractivity contribution in [2.24, 2.45) is 5.92 Å². The maximum absolute atomic E-state index is 10.5. The minimum Gasteiger partial charge on any atom is -0.387 e. The van der Waals surface area contributed by atoms with Gasteiger partial charge >= 0.3 is 0 Å².